The summed E-state index contributed by atoms with van der Waals surface area (Å²) >= 11 is 1.16. The molecular weight excluding hydrogens is 484 g/mol. The summed E-state index contributed by atoms with van der Waals surface area (Å²) in [6, 6.07) is 11.8. The Labute approximate surface area is 208 Å². The fraction of sp³-hybridized carbons (Fsp3) is 0.292. The van der Waals surface area contributed by atoms with E-state index in [0.717, 1.165) is 40.3 Å². The number of fused-ring (bicyclic) bond motifs is 1. The minimum atomic E-state index is -3.76. The number of likely N-dealkylation sites (N-methyl/N-ethyl adjacent to an activating group) is 1. The van der Waals surface area contributed by atoms with Crippen LogP contribution in [0.3, 0.4) is 0 Å². The first kappa shape index (κ1) is 23.6. The van der Waals surface area contributed by atoms with Crippen LogP contribution in [0.4, 0.5) is 5.69 Å². The van der Waals surface area contributed by atoms with Crippen LogP contribution >= 0.6 is 11.3 Å². The molecule has 1 aliphatic heterocycles. The molecule has 0 unspecified atom stereocenters. The molecule has 4 aromatic rings. The molecule has 0 radical (unpaired) electrons. The number of pyridine rings is 1. The van der Waals surface area contributed by atoms with E-state index in [2.05, 4.69) is 21.8 Å². The number of carbonyl (C=O) groups excluding carboxylic acids is 1. The van der Waals surface area contributed by atoms with Crippen molar-refractivity contribution in [3.63, 3.8) is 0 Å². The van der Waals surface area contributed by atoms with Crippen molar-refractivity contribution >= 4 is 44.0 Å². The molecule has 1 amide bonds. The predicted octanol–water partition coefficient (Wildman–Crippen LogP) is 3.12. The van der Waals surface area contributed by atoms with Crippen LogP contribution in [-0.2, 0) is 21.4 Å². The van der Waals surface area contributed by atoms with Gasteiger partial charge in [-0.3, -0.25) is 9.78 Å². The first-order chi connectivity index (χ1) is 16.9. The van der Waals surface area contributed by atoms with Crippen molar-refractivity contribution in [2.75, 3.05) is 32.0 Å². The lowest BCUT2D eigenvalue weighted by atomic mass is 10.2. The molecule has 1 atom stereocenters. The number of rotatable bonds is 6. The molecule has 4 heterocycles. The topological polar surface area (TPSA) is 100 Å². The van der Waals surface area contributed by atoms with Crippen LogP contribution in [0.25, 0.3) is 22.4 Å². The highest BCUT2D eigenvalue weighted by molar-refractivity contribution is 7.91. The van der Waals surface area contributed by atoms with Gasteiger partial charge in [-0.1, -0.05) is 6.07 Å². The summed E-state index contributed by atoms with van der Waals surface area (Å²) in [5, 5.41) is 4.65. The number of aryl methyl sites for hydroxylation is 1. The minimum absolute atomic E-state index is 0.245. The third-order valence-corrected chi connectivity index (χ3v) is 9.43. The average molecular weight is 511 g/mol. The Morgan fingerprint density at radius 2 is 2.06 bits per heavy atom. The summed E-state index contributed by atoms with van der Waals surface area (Å²) < 4.78 is 30.1. The van der Waals surface area contributed by atoms with E-state index in [9.17, 15) is 13.2 Å². The lowest BCUT2D eigenvalue weighted by molar-refractivity contribution is -0.121. The monoisotopic (exact) mass is 510 g/mol. The fourth-order valence-corrected chi connectivity index (χ4v) is 7.09. The molecule has 1 aliphatic rings. The Hall–Kier alpha value is -3.12. The fourth-order valence-electron chi connectivity index (χ4n) is 4.40. The van der Waals surface area contributed by atoms with Crippen LogP contribution in [0.2, 0.25) is 0 Å². The quantitative estimate of drug-likeness (QED) is 0.428. The molecule has 9 nitrogen and oxygen atoms in total. The number of benzene rings is 1. The first-order valence-electron chi connectivity index (χ1n) is 11.3. The lowest BCUT2D eigenvalue weighted by Gasteiger charge is -2.37. The Bertz CT molecular complexity index is 1450. The van der Waals surface area contributed by atoms with Crippen LogP contribution in [0.5, 0.6) is 0 Å². The molecule has 11 heteroatoms. The summed E-state index contributed by atoms with van der Waals surface area (Å²) in [5.41, 5.74) is 3.18. The third kappa shape index (κ3) is 4.47. The zero-order valence-corrected chi connectivity index (χ0v) is 21.1. The first-order valence-corrected chi connectivity index (χ1v) is 13.7. The minimum Gasteiger partial charge on any atom is -0.325 e. The van der Waals surface area contributed by atoms with Crippen molar-refractivity contribution in [2.24, 2.45) is 0 Å². The maximum atomic E-state index is 13.4. The van der Waals surface area contributed by atoms with E-state index < -0.39 is 16.1 Å². The molecule has 3 aromatic heterocycles. The van der Waals surface area contributed by atoms with Crippen LogP contribution in [-0.4, -0.2) is 70.8 Å². The molecule has 1 saturated heterocycles. The Morgan fingerprint density at radius 3 is 2.77 bits per heavy atom. The van der Waals surface area contributed by atoms with Gasteiger partial charge in [-0.25, -0.2) is 13.4 Å². The van der Waals surface area contributed by atoms with Crippen LogP contribution < -0.4 is 5.32 Å². The van der Waals surface area contributed by atoms with E-state index in [4.69, 9.17) is 4.98 Å². The van der Waals surface area contributed by atoms with Gasteiger partial charge in [0.15, 0.2) is 0 Å². The smallest absolute Gasteiger partial charge is 0.253 e. The zero-order valence-electron chi connectivity index (χ0n) is 19.5. The van der Waals surface area contributed by atoms with Gasteiger partial charge in [0.05, 0.1) is 11.0 Å². The van der Waals surface area contributed by atoms with Gasteiger partial charge in [0, 0.05) is 49.8 Å². The number of amides is 1. The van der Waals surface area contributed by atoms with E-state index in [1.165, 1.54) is 4.31 Å². The van der Waals surface area contributed by atoms with E-state index >= 15 is 0 Å². The van der Waals surface area contributed by atoms with Crippen molar-refractivity contribution in [2.45, 2.75) is 23.7 Å². The third-order valence-electron chi connectivity index (χ3n) is 6.15. The summed E-state index contributed by atoms with van der Waals surface area (Å²) in [6.07, 6.45) is 3.50. The van der Waals surface area contributed by atoms with Gasteiger partial charge in [0.2, 0.25) is 5.91 Å². The zero-order chi connectivity index (χ0) is 24.6. The molecule has 0 aliphatic carbocycles. The summed E-state index contributed by atoms with van der Waals surface area (Å²) in [4.78, 5) is 24.3. The second-order valence-corrected chi connectivity index (χ2v) is 11.5. The number of hydrogen-bond donors (Lipinski definition) is 1. The molecule has 182 valence electrons. The van der Waals surface area contributed by atoms with Crippen LogP contribution in [0, 0.1) is 0 Å². The molecule has 1 aromatic carbocycles. The van der Waals surface area contributed by atoms with Crippen molar-refractivity contribution in [3.05, 3.63) is 60.2 Å². The molecule has 35 heavy (non-hydrogen) atoms. The molecular formula is C24H26N6O3S2. The Morgan fingerprint density at radius 1 is 1.20 bits per heavy atom. The summed E-state index contributed by atoms with van der Waals surface area (Å²) in [7, 11) is -1.87. The number of sulfonamides is 1. The number of aromatic nitrogens is 3. The number of thiophene rings is 1. The number of anilines is 1. The van der Waals surface area contributed by atoms with Crippen molar-refractivity contribution in [3.8, 4) is 11.4 Å². The highest BCUT2D eigenvalue weighted by Crippen LogP contribution is 2.28. The van der Waals surface area contributed by atoms with Crippen LogP contribution in [0.15, 0.2) is 64.4 Å². The number of hydrogen-bond acceptors (Lipinski definition) is 7. The summed E-state index contributed by atoms with van der Waals surface area (Å²) in [6.45, 7) is 3.92. The number of imidazole rings is 1. The van der Waals surface area contributed by atoms with E-state index in [1.54, 1.807) is 29.9 Å². The van der Waals surface area contributed by atoms with E-state index in [-0.39, 0.29) is 16.7 Å². The van der Waals surface area contributed by atoms with E-state index in [1.807, 2.05) is 42.3 Å². The highest BCUT2D eigenvalue weighted by Gasteiger charge is 2.39. The Balaban J connectivity index is 1.44. The number of nitrogens with zero attached hydrogens (tertiary/aromatic N) is 5. The number of nitrogens with one attached hydrogen (secondary N) is 1. The SMILES string of the molecule is CCn1c(-c2cccnc2)nc2cc(NC(=O)[C@@H]3CN(C)CCN3S(=O)(=O)c3cccs3)ccc21. The van der Waals surface area contributed by atoms with Crippen molar-refractivity contribution in [1.82, 2.24) is 23.7 Å². The molecule has 0 bridgehead atoms. The molecule has 1 N–H and O–H groups in total. The van der Waals surface area contributed by atoms with Gasteiger partial charge in [0.25, 0.3) is 10.0 Å². The van der Waals surface area contributed by atoms with Crippen LogP contribution in [0.1, 0.15) is 6.92 Å². The standard InChI is InChI=1S/C24H26N6O3S2/c1-3-29-20-9-8-18(14-19(20)27-23(29)17-6-4-10-25-15-17)26-24(31)21-16-28(2)11-12-30(21)35(32,33)22-7-5-13-34-22/h4-10,13-15,21H,3,11-12,16H2,1-2H3,(H,26,31)/t21-/m0/s1. The second kappa shape index (κ2) is 9.50. The maximum Gasteiger partial charge on any atom is 0.253 e. The van der Waals surface area contributed by atoms with Gasteiger partial charge >= 0.3 is 0 Å². The van der Waals surface area contributed by atoms with Gasteiger partial charge in [-0.05, 0) is 55.7 Å². The second-order valence-electron chi connectivity index (χ2n) is 8.44. The molecule has 0 saturated carbocycles. The van der Waals surface area contributed by atoms with Gasteiger partial charge < -0.3 is 14.8 Å². The van der Waals surface area contributed by atoms with Gasteiger partial charge in [0.1, 0.15) is 16.1 Å². The van der Waals surface area contributed by atoms with Gasteiger partial charge in [-0.2, -0.15) is 4.31 Å². The predicted molar refractivity (Wildman–Crippen MR) is 137 cm³/mol. The summed E-state index contributed by atoms with van der Waals surface area (Å²) in [5.74, 6) is 0.444. The van der Waals surface area contributed by atoms with Gasteiger partial charge in [-0.15, -0.1) is 11.3 Å². The lowest BCUT2D eigenvalue weighted by Crippen LogP contribution is -2.58. The normalized spacial score (nSPS) is 17.6. The Kier molecular flexibility index (Phi) is 6.41. The highest BCUT2D eigenvalue weighted by atomic mass is 32.2. The van der Waals surface area contributed by atoms with Crippen molar-refractivity contribution in [1.29, 1.82) is 0 Å². The molecule has 5 rings (SSSR count). The average Bonchev–Trinajstić information content (AvgIpc) is 3.53. The van der Waals surface area contributed by atoms with E-state index in [0.29, 0.717) is 18.8 Å². The number of carbonyl (C=O) groups is 1. The molecule has 1 fully saturated rings. The van der Waals surface area contributed by atoms with Crippen molar-refractivity contribution < 1.29 is 13.2 Å². The maximum absolute atomic E-state index is 13.4. The largest absolute Gasteiger partial charge is 0.325 e. The number of piperazine rings is 1. The molecule has 0 spiro atoms.